The molecule has 4 nitrogen and oxygen atoms in total. The van der Waals surface area contributed by atoms with E-state index in [4.69, 9.17) is 11.6 Å². The Bertz CT molecular complexity index is 588. The minimum absolute atomic E-state index is 0.165. The van der Waals surface area contributed by atoms with Crippen molar-refractivity contribution in [3.8, 4) is 0 Å². The first kappa shape index (κ1) is 16.4. The Hall–Kier alpha value is -1.10. The van der Waals surface area contributed by atoms with Crippen LogP contribution in [0.1, 0.15) is 37.3 Å². The number of rotatable bonds is 6. The van der Waals surface area contributed by atoms with Gasteiger partial charge in [0, 0.05) is 36.7 Å². The number of halogens is 1. The van der Waals surface area contributed by atoms with Crippen molar-refractivity contribution in [2.24, 2.45) is 11.8 Å². The van der Waals surface area contributed by atoms with Gasteiger partial charge in [0.25, 0.3) is 0 Å². The number of carbonyl (C=O) groups is 1. The van der Waals surface area contributed by atoms with Crippen LogP contribution in [0.2, 0.25) is 5.02 Å². The standard InChI is InChI=1S/C19H26ClN3O/c20-16-4-2-1-3-15(16)17-11-21-9-10-23(17)12-18(24)22-19(13-5-6-13)14-7-8-14/h1-4,13-14,17,19,21H,5-12H2,(H,22,24). The zero-order valence-electron chi connectivity index (χ0n) is 14.0. The first-order chi connectivity index (χ1) is 11.7. The summed E-state index contributed by atoms with van der Waals surface area (Å²) in [6, 6.07) is 8.57. The lowest BCUT2D eigenvalue weighted by molar-refractivity contribution is -0.124. The summed E-state index contributed by atoms with van der Waals surface area (Å²) in [4.78, 5) is 14.9. The Kier molecular flexibility index (Phi) is 4.79. The second-order valence-corrected chi connectivity index (χ2v) is 7.89. The highest BCUT2D eigenvalue weighted by molar-refractivity contribution is 6.31. The summed E-state index contributed by atoms with van der Waals surface area (Å²) in [5, 5.41) is 7.55. The van der Waals surface area contributed by atoms with Crippen molar-refractivity contribution in [3.63, 3.8) is 0 Å². The van der Waals surface area contributed by atoms with Crippen molar-refractivity contribution < 1.29 is 4.79 Å². The van der Waals surface area contributed by atoms with E-state index in [0.29, 0.717) is 12.6 Å². The maximum absolute atomic E-state index is 12.6. The van der Waals surface area contributed by atoms with Gasteiger partial charge in [0.1, 0.15) is 0 Å². The second kappa shape index (κ2) is 7.03. The Labute approximate surface area is 148 Å². The fraction of sp³-hybridized carbons (Fsp3) is 0.632. The normalized spacial score (nSPS) is 25.0. The molecule has 1 atom stereocenters. The third-order valence-electron chi connectivity index (χ3n) is 5.55. The van der Waals surface area contributed by atoms with E-state index in [2.05, 4.69) is 21.6 Å². The van der Waals surface area contributed by atoms with E-state index < -0.39 is 0 Å². The highest BCUT2D eigenvalue weighted by atomic mass is 35.5. The molecule has 0 bridgehead atoms. The Morgan fingerprint density at radius 3 is 2.62 bits per heavy atom. The van der Waals surface area contributed by atoms with Gasteiger partial charge in [-0.3, -0.25) is 9.69 Å². The monoisotopic (exact) mass is 347 g/mol. The second-order valence-electron chi connectivity index (χ2n) is 7.48. The first-order valence-corrected chi connectivity index (χ1v) is 9.58. The fourth-order valence-corrected chi connectivity index (χ4v) is 4.20. The van der Waals surface area contributed by atoms with Crippen LogP contribution in [0.4, 0.5) is 0 Å². The Morgan fingerprint density at radius 1 is 1.25 bits per heavy atom. The molecule has 4 rings (SSSR count). The van der Waals surface area contributed by atoms with Gasteiger partial charge in [-0.25, -0.2) is 0 Å². The SMILES string of the molecule is O=C(CN1CCNCC1c1ccccc1Cl)NC(C1CC1)C1CC1. The number of hydrogen-bond donors (Lipinski definition) is 2. The van der Waals surface area contributed by atoms with Crippen LogP contribution in [-0.2, 0) is 4.79 Å². The van der Waals surface area contributed by atoms with E-state index in [1.807, 2.05) is 18.2 Å². The molecule has 3 aliphatic rings. The molecule has 1 heterocycles. The highest BCUT2D eigenvalue weighted by Gasteiger charge is 2.42. The van der Waals surface area contributed by atoms with E-state index in [0.717, 1.165) is 42.1 Å². The molecule has 1 amide bonds. The van der Waals surface area contributed by atoms with Gasteiger partial charge in [0.05, 0.1) is 6.54 Å². The van der Waals surface area contributed by atoms with Gasteiger partial charge >= 0.3 is 0 Å². The van der Waals surface area contributed by atoms with Crippen LogP contribution in [0.3, 0.4) is 0 Å². The zero-order chi connectivity index (χ0) is 16.5. The number of nitrogens with one attached hydrogen (secondary N) is 2. The smallest absolute Gasteiger partial charge is 0.234 e. The average Bonchev–Trinajstić information content (AvgIpc) is 3.48. The molecule has 1 unspecified atom stereocenters. The van der Waals surface area contributed by atoms with Gasteiger partial charge in [-0.15, -0.1) is 0 Å². The molecule has 0 aromatic heterocycles. The Balaban J connectivity index is 1.41. The van der Waals surface area contributed by atoms with Crippen LogP contribution < -0.4 is 10.6 Å². The van der Waals surface area contributed by atoms with Crippen LogP contribution >= 0.6 is 11.6 Å². The molecule has 1 saturated heterocycles. The van der Waals surface area contributed by atoms with Crippen molar-refractivity contribution in [1.82, 2.24) is 15.5 Å². The summed E-state index contributed by atoms with van der Waals surface area (Å²) in [6.45, 7) is 3.10. The summed E-state index contributed by atoms with van der Waals surface area (Å²) in [5.74, 6) is 1.66. The van der Waals surface area contributed by atoms with E-state index in [1.54, 1.807) is 0 Å². The van der Waals surface area contributed by atoms with Crippen LogP contribution in [0, 0.1) is 11.8 Å². The van der Waals surface area contributed by atoms with E-state index in [9.17, 15) is 4.79 Å². The van der Waals surface area contributed by atoms with E-state index >= 15 is 0 Å². The van der Waals surface area contributed by atoms with Crippen LogP contribution in [-0.4, -0.2) is 43.0 Å². The minimum atomic E-state index is 0.165. The van der Waals surface area contributed by atoms with Crippen LogP contribution in [0.15, 0.2) is 24.3 Å². The van der Waals surface area contributed by atoms with Gasteiger partial charge in [0.2, 0.25) is 5.91 Å². The molecule has 1 aromatic carbocycles. The Morgan fingerprint density at radius 2 is 1.96 bits per heavy atom. The number of amides is 1. The van der Waals surface area contributed by atoms with Crippen molar-refractivity contribution in [2.45, 2.75) is 37.8 Å². The molecule has 1 aliphatic heterocycles. The zero-order valence-corrected chi connectivity index (χ0v) is 14.8. The lowest BCUT2D eigenvalue weighted by Crippen LogP contribution is -2.51. The van der Waals surface area contributed by atoms with Gasteiger partial charge in [-0.1, -0.05) is 29.8 Å². The number of hydrogen-bond acceptors (Lipinski definition) is 3. The third kappa shape index (κ3) is 3.76. The number of piperazine rings is 1. The van der Waals surface area contributed by atoms with Gasteiger partial charge in [-0.05, 0) is 49.1 Å². The van der Waals surface area contributed by atoms with Gasteiger partial charge in [0.15, 0.2) is 0 Å². The number of nitrogens with zero attached hydrogens (tertiary/aromatic N) is 1. The van der Waals surface area contributed by atoms with Gasteiger partial charge < -0.3 is 10.6 Å². The van der Waals surface area contributed by atoms with Crippen molar-refractivity contribution >= 4 is 17.5 Å². The highest BCUT2D eigenvalue weighted by Crippen LogP contribution is 2.44. The summed E-state index contributed by atoms with van der Waals surface area (Å²) in [6.07, 6.45) is 5.16. The first-order valence-electron chi connectivity index (χ1n) is 9.21. The van der Waals surface area contributed by atoms with Crippen LogP contribution in [0.5, 0.6) is 0 Å². The molecule has 5 heteroatoms. The van der Waals surface area contributed by atoms with Crippen molar-refractivity contribution in [2.75, 3.05) is 26.2 Å². The molecule has 130 valence electrons. The number of carbonyl (C=O) groups excluding carboxylic acids is 1. The molecule has 2 N–H and O–H groups in total. The summed E-state index contributed by atoms with van der Waals surface area (Å²) >= 11 is 6.39. The summed E-state index contributed by atoms with van der Waals surface area (Å²) in [7, 11) is 0. The van der Waals surface area contributed by atoms with Crippen LogP contribution in [0.25, 0.3) is 0 Å². The molecular formula is C19H26ClN3O. The lowest BCUT2D eigenvalue weighted by atomic mass is 10.0. The molecule has 1 aromatic rings. The molecule has 0 spiro atoms. The third-order valence-corrected chi connectivity index (χ3v) is 5.90. The maximum atomic E-state index is 12.6. The molecular weight excluding hydrogens is 322 g/mol. The fourth-order valence-electron chi connectivity index (χ4n) is 3.93. The molecule has 24 heavy (non-hydrogen) atoms. The van der Waals surface area contributed by atoms with Crippen molar-refractivity contribution in [3.05, 3.63) is 34.9 Å². The van der Waals surface area contributed by atoms with Gasteiger partial charge in [-0.2, -0.15) is 0 Å². The molecule has 0 radical (unpaired) electrons. The summed E-state index contributed by atoms with van der Waals surface area (Å²) in [5.41, 5.74) is 1.11. The molecule has 3 fully saturated rings. The molecule has 2 aliphatic carbocycles. The lowest BCUT2D eigenvalue weighted by Gasteiger charge is -2.36. The largest absolute Gasteiger partial charge is 0.352 e. The molecule has 2 saturated carbocycles. The van der Waals surface area contributed by atoms with E-state index in [1.165, 1.54) is 25.7 Å². The predicted molar refractivity (Wildman–Crippen MR) is 96.0 cm³/mol. The maximum Gasteiger partial charge on any atom is 0.234 e. The quantitative estimate of drug-likeness (QED) is 0.831. The van der Waals surface area contributed by atoms with E-state index in [-0.39, 0.29) is 11.9 Å². The average molecular weight is 348 g/mol. The topological polar surface area (TPSA) is 44.4 Å². The van der Waals surface area contributed by atoms with Crippen molar-refractivity contribution in [1.29, 1.82) is 0 Å². The predicted octanol–water partition coefficient (Wildman–Crippen LogP) is 2.59. The summed E-state index contributed by atoms with van der Waals surface area (Å²) < 4.78 is 0. The number of benzene rings is 1. The minimum Gasteiger partial charge on any atom is -0.352 e.